The van der Waals surface area contributed by atoms with E-state index in [4.69, 9.17) is 0 Å². The van der Waals surface area contributed by atoms with Crippen LogP contribution in [0.3, 0.4) is 0 Å². The number of hydrogen-bond acceptors (Lipinski definition) is 3. The average molecular weight is 311 g/mol. The molecule has 1 N–H and O–H groups in total. The van der Waals surface area contributed by atoms with Crippen molar-refractivity contribution in [1.29, 1.82) is 0 Å². The average Bonchev–Trinajstić information content (AvgIpc) is 2.71. The number of nitrogens with one attached hydrogen (secondary N) is 1. The number of hydrogen-bond donors (Lipinski definition) is 1. The second-order valence-corrected chi connectivity index (χ2v) is 5.80. The Morgan fingerprint density at radius 3 is 2.82 bits per heavy atom. The minimum Gasteiger partial charge on any atom is -0.311 e. The molecule has 0 bridgehead atoms. The highest BCUT2D eigenvalue weighted by molar-refractivity contribution is 9.10. The third-order valence-corrected chi connectivity index (χ3v) is 4.64. The number of rotatable bonds is 4. The van der Waals surface area contributed by atoms with E-state index in [1.807, 2.05) is 20.0 Å². The molecule has 0 saturated carbocycles. The lowest BCUT2D eigenvalue weighted by atomic mass is 10.1. The lowest BCUT2D eigenvalue weighted by Gasteiger charge is -2.15. The third-order valence-electron chi connectivity index (χ3n) is 2.70. The molecule has 0 amide bonds. The monoisotopic (exact) mass is 310 g/mol. The van der Waals surface area contributed by atoms with Crippen LogP contribution in [0, 0.1) is 6.92 Å². The number of likely N-dealkylation sites (N-methyl/N-ethyl adjacent to an activating group) is 1. The molecule has 2 aromatic rings. The van der Waals surface area contributed by atoms with Crippen LogP contribution in [0.4, 0.5) is 0 Å². The van der Waals surface area contributed by atoms with E-state index in [9.17, 15) is 0 Å². The van der Waals surface area contributed by atoms with Crippen molar-refractivity contribution in [2.45, 2.75) is 19.4 Å². The summed E-state index contributed by atoms with van der Waals surface area (Å²) in [6.07, 6.45) is 0.963. The Hall–Kier alpha value is -0.710. The summed E-state index contributed by atoms with van der Waals surface area (Å²) in [5.41, 5.74) is 2.17. The van der Waals surface area contributed by atoms with Crippen LogP contribution in [0.2, 0.25) is 0 Å². The fraction of sp³-hybridized carbons (Fsp3) is 0.308. The van der Waals surface area contributed by atoms with Gasteiger partial charge >= 0.3 is 0 Å². The molecule has 2 rings (SSSR count). The van der Waals surface area contributed by atoms with Crippen LogP contribution in [-0.2, 0) is 6.42 Å². The van der Waals surface area contributed by atoms with E-state index in [-0.39, 0.29) is 6.04 Å². The second kappa shape index (κ2) is 5.76. The number of aryl methyl sites for hydroxylation is 1. The van der Waals surface area contributed by atoms with Crippen LogP contribution in [0.15, 0.2) is 34.1 Å². The molecule has 90 valence electrons. The summed E-state index contributed by atoms with van der Waals surface area (Å²) in [6, 6.07) is 8.53. The fourth-order valence-electron chi connectivity index (χ4n) is 1.77. The first kappa shape index (κ1) is 12.7. The van der Waals surface area contributed by atoms with E-state index < -0.39 is 0 Å². The second-order valence-electron chi connectivity index (χ2n) is 3.94. The van der Waals surface area contributed by atoms with Crippen LogP contribution in [0.1, 0.15) is 22.3 Å². The first-order valence-corrected chi connectivity index (χ1v) is 7.20. The Bertz CT molecular complexity index is 496. The van der Waals surface area contributed by atoms with Gasteiger partial charge in [-0.2, -0.15) is 0 Å². The van der Waals surface area contributed by atoms with Crippen molar-refractivity contribution >= 4 is 27.3 Å². The SMILES string of the molecule is CNC(Cc1sccc1Br)c1cccc(C)n1. The molecule has 0 radical (unpaired) electrons. The van der Waals surface area contributed by atoms with Crippen molar-refractivity contribution in [3.05, 3.63) is 50.4 Å². The van der Waals surface area contributed by atoms with Crippen LogP contribution >= 0.6 is 27.3 Å². The molecule has 0 aliphatic heterocycles. The zero-order chi connectivity index (χ0) is 12.3. The maximum Gasteiger partial charge on any atom is 0.0579 e. The number of nitrogens with zero attached hydrogens (tertiary/aromatic N) is 1. The number of pyridine rings is 1. The summed E-state index contributed by atoms with van der Waals surface area (Å²) in [7, 11) is 1.98. The van der Waals surface area contributed by atoms with Crippen LogP contribution in [-0.4, -0.2) is 12.0 Å². The summed E-state index contributed by atoms with van der Waals surface area (Å²) < 4.78 is 1.19. The molecular formula is C13H15BrN2S. The molecule has 0 aliphatic rings. The Balaban J connectivity index is 2.20. The molecule has 0 fully saturated rings. The van der Waals surface area contributed by atoms with Gasteiger partial charge in [0.25, 0.3) is 0 Å². The molecule has 2 heterocycles. The van der Waals surface area contributed by atoms with Crippen LogP contribution < -0.4 is 5.32 Å². The van der Waals surface area contributed by atoms with Gasteiger partial charge < -0.3 is 5.32 Å². The van der Waals surface area contributed by atoms with Crippen molar-refractivity contribution in [3.8, 4) is 0 Å². The van der Waals surface area contributed by atoms with E-state index in [2.05, 4.69) is 49.8 Å². The zero-order valence-electron chi connectivity index (χ0n) is 9.90. The van der Waals surface area contributed by atoms with Gasteiger partial charge in [0.2, 0.25) is 0 Å². The molecule has 4 heteroatoms. The summed E-state index contributed by atoms with van der Waals surface area (Å²) in [4.78, 5) is 5.94. The normalized spacial score (nSPS) is 12.6. The van der Waals surface area contributed by atoms with Crippen LogP contribution in [0.25, 0.3) is 0 Å². The topological polar surface area (TPSA) is 24.9 Å². The molecule has 0 saturated heterocycles. The Morgan fingerprint density at radius 1 is 1.41 bits per heavy atom. The molecule has 2 aromatic heterocycles. The number of halogens is 1. The van der Waals surface area contributed by atoms with Gasteiger partial charge in [0.1, 0.15) is 0 Å². The Kier molecular flexibility index (Phi) is 4.31. The fourth-order valence-corrected chi connectivity index (χ4v) is 3.33. The minimum atomic E-state index is 0.268. The van der Waals surface area contributed by atoms with Gasteiger partial charge in [-0.15, -0.1) is 11.3 Å². The predicted octanol–water partition coefficient (Wildman–Crippen LogP) is 3.72. The van der Waals surface area contributed by atoms with Gasteiger partial charge in [0.05, 0.1) is 11.7 Å². The van der Waals surface area contributed by atoms with Crippen molar-refractivity contribution in [3.63, 3.8) is 0 Å². The summed E-state index contributed by atoms with van der Waals surface area (Å²) in [5, 5.41) is 5.44. The van der Waals surface area contributed by atoms with E-state index in [1.165, 1.54) is 9.35 Å². The highest BCUT2D eigenvalue weighted by atomic mass is 79.9. The minimum absolute atomic E-state index is 0.268. The highest BCUT2D eigenvalue weighted by Gasteiger charge is 2.14. The Labute approximate surface area is 114 Å². The van der Waals surface area contributed by atoms with Crippen molar-refractivity contribution in [2.75, 3.05) is 7.05 Å². The standard InChI is InChI=1S/C13H15BrN2S/c1-9-4-3-5-11(16-9)12(15-2)8-13-10(14)6-7-17-13/h3-7,12,15H,8H2,1-2H3. The first-order chi connectivity index (χ1) is 8.20. The van der Waals surface area contributed by atoms with Gasteiger partial charge in [-0.3, -0.25) is 4.98 Å². The quantitative estimate of drug-likeness (QED) is 0.931. The highest BCUT2D eigenvalue weighted by Crippen LogP contribution is 2.27. The van der Waals surface area contributed by atoms with Gasteiger partial charge in [-0.05, 0) is 53.5 Å². The summed E-state index contributed by atoms with van der Waals surface area (Å²) in [6.45, 7) is 2.03. The van der Waals surface area contributed by atoms with E-state index in [0.717, 1.165) is 17.8 Å². The largest absolute Gasteiger partial charge is 0.311 e. The molecule has 0 aromatic carbocycles. The van der Waals surface area contributed by atoms with Crippen molar-refractivity contribution in [2.24, 2.45) is 0 Å². The predicted molar refractivity (Wildman–Crippen MR) is 76.5 cm³/mol. The van der Waals surface area contributed by atoms with Gasteiger partial charge in [-0.25, -0.2) is 0 Å². The number of thiophene rings is 1. The third kappa shape index (κ3) is 3.15. The lowest BCUT2D eigenvalue weighted by molar-refractivity contribution is 0.578. The van der Waals surface area contributed by atoms with Crippen LogP contribution in [0.5, 0.6) is 0 Å². The van der Waals surface area contributed by atoms with Gasteiger partial charge in [0.15, 0.2) is 0 Å². The Morgan fingerprint density at radius 2 is 2.24 bits per heavy atom. The molecule has 0 spiro atoms. The lowest BCUT2D eigenvalue weighted by Crippen LogP contribution is -2.20. The van der Waals surface area contributed by atoms with E-state index in [1.54, 1.807) is 11.3 Å². The summed E-state index contributed by atoms with van der Waals surface area (Å²) >= 11 is 5.35. The molecule has 0 aliphatic carbocycles. The molecule has 17 heavy (non-hydrogen) atoms. The number of aromatic nitrogens is 1. The van der Waals surface area contributed by atoms with E-state index >= 15 is 0 Å². The zero-order valence-corrected chi connectivity index (χ0v) is 12.3. The molecular weight excluding hydrogens is 296 g/mol. The maximum absolute atomic E-state index is 4.58. The first-order valence-electron chi connectivity index (χ1n) is 5.53. The van der Waals surface area contributed by atoms with E-state index in [0.29, 0.717) is 0 Å². The molecule has 1 unspecified atom stereocenters. The molecule has 2 nitrogen and oxygen atoms in total. The van der Waals surface area contributed by atoms with Crippen molar-refractivity contribution < 1.29 is 0 Å². The molecule has 1 atom stereocenters. The van der Waals surface area contributed by atoms with Gasteiger partial charge in [0, 0.05) is 21.5 Å². The smallest absolute Gasteiger partial charge is 0.0579 e. The maximum atomic E-state index is 4.58. The van der Waals surface area contributed by atoms with Crippen molar-refractivity contribution in [1.82, 2.24) is 10.3 Å². The van der Waals surface area contributed by atoms with Gasteiger partial charge in [-0.1, -0.05) is 6.07 Å². The summed E-state index contributed by atoms with van der Waals surface area (Å²) in [5.74, 6) is 0.